The van der Waals surface area contributed by atoms with Gasteiger partial charge >= 0.3 is 11.9 Å². The second kappa shape index (κ2) is 12.0. The lowest BCUT2D eigenvalue weighted by molar-refractivity contribution is 0.0509. The Kier molecular flexibility index (Phi) is 8.83. The molecule has 0 fully saturated rings. The summed E-state index contributed by atoms with van der Waals surface area (Å²) in [5, 5.41) is 0. The predicted octanol–water partition coefficient (Wildman–Crippen LogP) is 5.09. The first-order chi connectivity index (χ1) is 15.6. The molecular formula is C25H23BrO6. The summed E-state index contributed by atoms with van der Waals surface area (Å²) in [6.07, 6.45) is 0.643. The van der Waals surface area contributed by atoms with Crippen LogP contribution in [0, 0.1) is 0 Å². The second-order valence-corrected chi connectivity index (χ2v) is 7.68. The molecule has 0 amide bonds. The molecular weight excluding hydrogens is 476 g/mol. The molecule has 6 nitrogen and oxygen atoms in total. The van der Waals surface area contributed by atoms with E-state index >= 15 is 0 Å². The van der Waals surface area contributed by atoms with E-state index in [9.17, 15) is 9.59 Å². The Morgan fingerprint density at radius 1 is 0.844 bits per heavy atom. The number of halogens is 1. The van der Waals surface area contributed by atoms with Crippen molar-refractivity contribution in [1.29, 1.82) is 0 Å². The van der Waals surface area contributed by atoms with Crippen molar-refractivity contribution in [3.63, 3.8) is 0 Å². The van der Waals surface area contributed by atoms with Crippen molar-refractivity contribution >= 4 is 27.9 Å². The molecule has 0 saturated carbocycles. The molecule has 7 heteroatoms. The first kappa shape index (κ1) is 23.5. The number of methoxy groups -OCH3 is 1. The van der Waals surface area contributed by atoms with E-state index in [1.165, 1.54) is 0 Å². The van der Waals surface area contributed by atoms with Gasteiger partial charge in [-0.2, -0.15) is 0 Å². The van der Waals surface area contributed by atoms with Gasteiger partial charge in [0.1, 0.15) is 23.7 Å². The Morgan fingerprint density at radius 3 is 2.31 bits per heavy atom. The standard InChI is InChI=1S/C25H23BrO6/c1-29-15-16-30-23-12-9-20(26)17-22(23)25(28)32-21-10-7-19(8-11-21)24(27)31-14-13-18-5-3-2-4-6-18/h2-12,17H,13-16H2,1H3. The molecule has 0 unspecified atom stereocenters. The van der Waals surface area contributed by atoms with Crippen molar-refractivity contribution in [2.45, 2.75) is 6.42 Å². The Morgan fingerprint density at radius 2 is 1.59 bits per heavy atom. The lowest BCUT2D eigenvalue weighted by Crippen LogP contribution is -2.13. The number of ether oxygens (including phenoxy) is 4. The molecule has 0 N–H and O–H groups in total. The maximum absolute atomic E-state index is 12.7. The highest BCUT2D eigenvalue weighted by atomic mass is 79.9. The zero-order valence-electron chi connectivity index (χ0n) is 17.6. The molecule has 0 spiro atoms. The fraction of sp³-hybridized carbons (Fsp3) is 0.200. The van der Waals surface area contributed by atoms with Gasteiger partial charge in [-0.25, -0.2) is 9.59 Å². The van der Waals surface area contributed by atoms with E-state index < -0.39 is 11.9 Å². The average Bonchev–Trinajstić information content (AvgIpc) is 2.81. The first-order valence-corrected chi connectivity index (χ1v) is 10.8. The number of carbonyl (C=O) groups is 2. The summed E-state index contributed by atoms with van der Waals surface area (Å²) >= 11 is 3.35. The van der Waals surface area contributed by atoms with E-state index in [0.29, 0.717) is 36.7 Å². The maximum Gasteiger partial charge on any atom is 0.347 e. The number of esters is 2. The van der Waals surface area contributed by atoms with E-state index in [2.05, 4.69) is 15.9 Å². The van der Waals surface area contributed by atoms with Gasteiger partial charge in [-0.1, -0.05) is 46.3 Å². The number of benzene rings is 3. The van der Waals surface area contributed by atoms with Crippen LogP contribution in [0.25, 0.3) is 0 Å². The lowest BCUT2D eigenvalue weighted by Gasteiger charge is -2.12. The molecule has 0 radical (unpaired) electrons. The van der Waals surface area contributed by atoms with Crippen molar-refractivity contribution in [2.75, 3.05) is 26.9 Å². The highest BCUT2D eigenvalue weighted by molar-refractivity contribution is 9.10. The normalized spacial score (nSPS) is 10.4. The molecule has 3 aromatic rings. The summed E-state index contributed by atoms with van der Waals surface area (Å²) in [6, 6.07) is 21.1. The SMILES string of the molecule is COCCOc1ccc(Br)cc1C(=O)Oc1ccc(C(=O)OCCc2ccccc2)cc1. The van der Waals surface area contributed by atoms with Gasteiger partial charge in [-0.05, 0) is 48.0 Å². The fourth-order valence-electron chi connectivity index (χ4n) is 2.83. The average molecular weight is 499 g/mol. The molecule has 0 aliphatic carbocycles. The van der Waals surface area contributed by atoms with E-state index in [4.69, 9.17) is 18.9 Å². The summed E-state index contributed by atoms with van der Waals surface area (Å²) < 4.78 is 22.1. The van der Waals surface area contributed by atoms with Crippen molar-refractivity contribution < 1.29 is 28.5 Å². The molecule has 0 bridgehead atoms. The van der Waals surface area contributed by atoms with Gasteiger partial charge < -0.3 is 18.9 Å². The summed E-state index contributed by atoms with van der Waals surface area (Å²) in [5.41, 5.74) is 1.75. The maximum atomic E-state index is 12.7. The van der Waals surface area contributed by atoms with E-state index in [0.717, 1.165) is 10.0 Å². The van der Waals surface area contributed by atoms with Gasteiger partial charge in [0.15, 0.2) is 0 Å². The van der Waals surface area contributed by atoms with Crippen LogP contribution in [-0.2, 0) is 15.9 Å². The van der Waals surface area contributed by atoms with Crippen LogP contribution in [0.5, 0.6) is 11.5 Å². The fourth-order valence-corrected chi connectivity index (χ4v) is 3.19. The molecule has 0 saturated heterocycles. The summed E-state index contributed by atoms with van der Waals surface area (Å²) in [6.45, 7) is 0.987. The number of rotatable bonds is 10. The van der Waals surface area contributed by atoms with Gasteiger partial charge in [0.05, 0.1) is 18.8 Å². The minimum absolute atomic E-state index is 0.278. The molecule has 0 aromatic heterocycles. The molecule has 3 aromatic carbocycles. The molecule has 0 aliphatic heterocycles. The molecule has 0 aliphatic rings. The topological polar surface area (TPSA) is 71.1 Å². The lowest BCUT2D eigenvalue weighted by atomic mass is 10.2. The number of carbonyl (C=O) groups excluding carboxylic acids is 2. The number of hydrogen-bond donors (Lipinski definition) is 0. The molecule has 0 atom stereocenters. The van der Waals surface area contributed by atoms with Gasteiger partial charge in [0.2, 0.25) is 0 Å². The Labute approximate surface area is 195 Å². The van der Waals surface area contributed by atoms with E-state index in [1.54, 1.807) is 49.6 Å². The van der Waals surface area contributed by atoms with Crippen molar-refractivity contribution in [2.24, 2.45) is 0 Å². The summed E-state index contributed by atoms with van der Waals surface area (Å²) in [5.74, 6) is -0.302. The van der Waals surface area contributed by atoms with Crippen LogP contribution in [0.15, 0.2) is 77.3 Å². The van der Waals surface area contributed by atoms with Crippen LogP contribution < -0.4 is 9.47 Å². The van der Waals surface area contributed by atoms with E-state index in [-0.39, 0.29) is 12.2 Å². The molecule has 0 heterocycles. The third-order valence-corrected chi connectivity index (χ3v) is 4.97. The Hall–Kier alpha value is -3.16. The van der Waals surface area contributed by atoms with Crippen LogP contribution >= 0.6 is 15.9 Å². The van der Waals surface area contributed by atoms with E-state index in [1.807, 2.05) is 30.3 Å². The summed E-state index contributed by atoms with van der Waals surface area (Å²) in [4.78, 5) is 24.9. The first-order valence-electron chi connectivity index (χ1n) is 10.0. The zero-order valence-corrected chi connectivity index (χ0v) is 19.2. The highest BCUT2D eigenvalue weighted by Crippen LogP contribution is 2.25. The van der Waals surface area contributed by atoms with Gasteiger partial charge in [0, 0.05) is 18.0 Å². The summed E-state index contributed by atoms with van der Waals surface area (Å²) in [7, 11) is 1.57. The van der Waals surface area contributed by atoms with Crippen molar-refractivity contribution in [3.8, 4) is 11.5 Å². The van der Waals surface area contributed by atoms with Gasteiger partial charge in [-0.3, -0.25) is 0 Å². The molecule has 166 valence electrons. The van der Waals surface area contributed by atoms with Crippen LogP contribution in [0.1, 0.15) is 26.3 Å². The third-order valence-electron chi connectivity index (χ3n) is 4.47. The van der Waals surface area contributed by atoms with Crippen molar-refractivity contribution in [3.05, 3.63) is 94.0 Å². The zero-order chi connectivity index (χ0) is 22.8. The Balaban J connectivity index is 1.57. The van der Waals surface area contributed by atoms with Crippen LogP contribution in [0.4, 0.5) is 0 Å². The van der Waals surface area contributed by atoms with Crippen LogP contribution in [0.2, 0.25) is 0 Å². The smallest absolute Gasteiger partial charge is 0.347 e. The number of hydrogen-bond acceptors (Lipinski definition) is 6. The minimum atomic E-state index is -0.572. The predicted molar refractivity (Wildman–Crippen MR) is 123 cm³/mol. The Bertz CT molecular complexity index is 1030. The van der Waals surface area contributed by atoms with Gasteiger partial charge in [0.25, 0.3) is 0 Å². The third kappa shape index (κ3) is 6.93. The van der Waals surface area contributed by atoms with Crippen LogP contribution in [0.3, 0.4) is 0 Å². The molecule has 32 heavy (non-hydrogen) atoms. The largest absolute Gasteiger partial charge is 0.490 e. The molecule has 3 rings (SSSR count). The monoisotopic (exact) mass is 498 g/mol. The highest BCUT2D eigenvalue weighted by Gasteiger charge is 2.16. The minimum Gasteiger partial charge on any atom is -0.490 e. The van der Waals surface area contributed by atoms with Crippen molar-refractivity contribution in [1.82, 2.24) is 0 Å². The quantitative estimate of drug-likeness (QED) is 0.220. The van der Waals surface area contributed by atoms with Crippen LogP contribution in [-0.4, -0.2) is 38.9 Å². The van der Waals surface area contributed by atoms with Gasteiger partial charge in [-0.15, -0.1) is 0 Å². The second-order valence-electron chi connectivity index (χ2n) is 6.77.